The topological polar surface area (TPSA) is 70.2 Å². The third-order valence-electron chi connectivity index (χ3n) is 5.64. The molecule has 0 radical (unpaired) electrons. The fraction of sp³-hybridized carbons (Fsp3) is 0.286. The Labute approximate surface area is 196 Å². The summed E-state index contributed by atoms with van der Waals surface area (Å²) in [5, 5.41) is 8.65. The first kappa shape index (κ1) is 24.1. The van der Waals surface area contributed by atoms with Gasteiger partial charge in [0.2, 0.25) is 5.91 Å². The van der Waals surface area contributed by atoms with Crippen LogP contribution >= 0.6 is 0 Å². The molecule has 33 heavy (non-hydrogen) atoms. The smallest absolute Gasteiger partial charge is 0.319 e. The van der Waals surface area contributed by atoms with Crippen molar-refractivity contribution in [2.75, 3.05) is 11.9 Å². The number of carbonyl (C=O) groups excluding carboxylic acids is 2. The van der Waals surface area contributed by atoms with Crippen LogP contribution in [0, 0.1) is 6.92 Å². The van der Waals surface area contributed by atoms with Crippen LogP contribution in [-0.4, -0.2) is 24.5 Å². The SMILES string of the molecule is CCCC(NC(=O)Nc1ccc(C)cc1)C(=O)NCCC(c1ccccc1)c1ccccc1. The van der Waals surface area contributed by atoms with Crippen molar-refractivity contribution in [2.24, 2.45) is 0 Å². The van der Waals surface area contributed by atoms with Crippen molar-refractivity contribution in [3.8, 4) is 0 Å². The molecule has 3 N–H and O–H groups in total. The van der Waals surface area contributed by atoms with Gasteiger partial charge in [0.15, 0.2) is 0 Å². The molecule has 172 valence electrons. The number of carbonyl (C=O) groups is 2. The number of hydrogen-bond donors (Lipinski definition) is 3. The molecule has 3 rings (SSSR count). The predicted molar refractivity (Wildman–Crippen MR) is 134 cm³/mol. The number of aryl methyl sites for hydroxylation is 1. The largest absolute Gasteiger partial charge is 0.354 e. The highest BCUT2D eigenvalue weighted by atomic mass is 16.2. The molecular weight excluding hydrogens is 410 g/mol. The average Bonchev–Trinajstić information content (AvgIpc) is 2.84. The Balaban J connectivity index is 1.57. The van der Waals surface area contributed by atoms with Crippen LogP contribution in [0.2, 0.25) is 0 Å². The lowest BCUT2D eigenvalue weighted by Gasteiger charge is -2.21. The number of amides is 3. The number of anilines is 1. The molecule has 0 fully saturated rings. The number of nitrogens with one attached hydrogen (secondary N) is 3. The molecule has 1 unspecified atom stereocenters. The van der Waals surface area contributed by atoms with Crippen LogP contribution in [0.3, 0.4) is 0 Å². The summed E-state index contributed by atoms with van der Waals surface area (Å²) in [5.41, 5.74) is 4.26. The fourth-order valence-corrected chi connectivity index (χ4v) is 3.88. The zero-order valence-corrected chi connectivity index (χ0v) is 19.4. The quantitative estimate of drug-likeness (QED) is 0.380. The average molecular weight is 444 g/mol. The van der Waals surface area contributed by atoms with Gasteiger partial charge in [0, 0.05) is 18.2 Å². The standard InChI is InChI=1S/C28H33N3O2/c1-3-10-26(31-28(33)30-24-17-15-21(2)16-18-24)27(32)29-20-19-25(22-11-6-4-7-12-22)23-13-8-5-9-14-23/h4-9,11-18,25-26H,3,10,19-20H2,1-2H3,(H,29,32)(H2,30,31,33). The maximum Gasteiger partial charge on any atom is 0.319 e. The Hall–Kier alpha value is -3.60. The van der Waals surface area contributed by atoms with Gasteiger partial charge in [-0.1, -0.05) is 91.7 Å². The first-order valence-corrected chi connectivity index (χ1v) is 11.6. The maximum absolute atomic E-state index is 12.9. The first-order valence-electron chi connectivity index (χ1n) is 11.6. The second kappa shape index (κ2) is 12.4. The molecule has 0 aliphatic carbocycles. The van der Waals surface area contributed by atoms with Gasteiger partial charge >= 0.3 is 6.03 Å². The molecule has 0 aliphatic heterocycles. The molecule has 1 atom stereocenters. The van der Waals surface area contributed by atoms with Gasteiger partial charge in [0.05, 0.1) is 0 Å². The van der Waals surface area contributed by atoms with E-state index in [1.54, 1.807) is 0 Å². The summed E-state index contributed by atoms with van der Waals surface area (Å²) in [6, 6.07) is 27.3. The van der Waals surface area contributed by atoms with Crippen molar-refractivity contribution in [3.63, 3.8) is 0 Å². The summed E-state index contributed by atoms with van der Waals surface area (Å²) in [7, 11) is 0. The van der Waals surface area contributed by atoms with E-state index in [-0.39, 0.29) is 17.9 Å². The van der Waals surface area contributed by atoms with Gasteiger partial charge in [0.25, 0.3) is 0 Å². The molecule has 0 heterocycles. The lowest BCUT2D eigenvalue weighted by molar-refractivity contribution is -0.123. The number of urea groups is 1. The van der Waals surface area contributed by atoms with Crippen LogP contribution in [-0.2, 0) is 4.79 Å². The minimum Gasteiger partial charge on any atom is -0.354 e. The number of hydrogen-bond acceptors (Lipinski definition) is 2. The second-order valence-electron chi connectivity index (χ2n) is 8.26. The van der Waals surface area contributed by atoms with Crippen LogP contribution in [0.25, 0.3) is 0 Å². The number of rotatable bonds is 10. The minimum atomic E-state index is -0.577. The summed E-state index contributed by atoms with van der Waals surface area (Å²) in [6.07, 6.45) is 2.14. The van der Waals surface area contributed by atoms with Crippen molar-refractivity contribution < 1.29 is 9.59 Å². The van der Waals surface area contributed by atoms with Gasteiger partial charge in [-0.3, -0.25) is 4.79 Å². The second-order valence-corrected chi connectivity index (χ2v) is 8.26. The van der Waals surface area contributed by atoms with E-state index < -0.39 is 6.04 Å². The highest BCUT2D eigenvalue weighted by molar-refractivity contribution is 5.93. The van der Waals surface area contributed by atoms with Crippen LogP contribution in [0.5, 0.6) is 0 Å². The van der Waals surface area contributed by atoms with Crippen molar-refractivity contribution in [1.29, 1.82) is 0 Å². The molecule has 3 amide bonds. The van der Waals surface area contributed by atoms with Crippen LogP contribution in [0.1, 0.15) is 48.8 Å². The fourth-order valence-electron chi connectivity index (χ4n) is 3.88. The molecule has 3 aromatic rings. The van der Waals surface area contributed by atoms with E-state index in [0.29, 0.717) is 18.7 Å². The highest BCUT2D eigenvalue weighted by Crippen LogP contribution is 2.27. The normalized spacial score (nSPS) is 11.6. The molecule has 0 saturated heterocycles. The molecule has 0 bridgehead atoms. The maximum atomic E-state index is 12.9. The third-order valence-corrected chi connectivity index (χ3v) is 5.64. The predicted octanol–water partition coefficient (Wildman–Crippen LogP) is 5.62. The van der Waals surface area contributed by atoms with Crippen molar-refractivity contribution in [3.05, 3.63) is 102 Å². The summed E-state index contributed by atoms with van der Waals surface area (Å²) < 4.78 is 0. The zero-order chi connectivity index (χ0) is 23.5. The third kappa shape index (κ3) is 7.49. The van der Waals surface area contributed by atoms with Gasteiger partial charge in [-0.15, -0.1) is 0 Å². The lowest BCUT2D eigenvalue weighted by Crippen LogP contribution is -2.48. The number of benzene rings is 3. The van der Waals surface area contributed by atoms with Gasteiger partial charge < -0.3 is 16.0 Å². The Morgan fingerprint density at radius 1 is 0.788 bits per heavy atom. The van der Waals surface area contributed by atoms with E-state index in [9.17, 15) is 9.59 Å². The molecule has 5 nitrogen and oxygen atoms in total. The van der Waals surface area contributed by atoms with Crippen LogP contribution in [0.15, 0.2) is 84.9 Å². The van der Waals surface area contributed by atoms with Gasteiger partial charge in [0.1, 0.15) is 6.04 Å². The first-order chi connectivity index (χ1) is 16.1. The Morgan fingerprint density at radius 3 is 1.91 bits per heavy atom. The highest BCUT2D eigenvalue weighted by Gasteiger charge is 2.21. The van der Waals surface area contributed by atoms with Crippen molar-refractivity contribution in [2.45, 2.75) is 45.1 Å². The molecule has 0 saturated carbocycles. The molecule has 0 spiro atoms. The molecule has 3 aromatic carbocycles. The molecule has 5 heteroatoms. The summed E-state index contributed by atoms with van der Waals surface area (Å²) >= 11 is 0. The minimum absolute atomic E-state index is 0.157. The lowest BCUT2D eigenvalue weighted by atomic mass is 9.88. The van der Waals surface area contributed by atoms with E-state index in [4.69, 9.17) is 0 Å². The Bertz CT molecular complexity index is 965. The van der Waals surface area contributed by atoms with Crippen LogP contribution in [0.4, 0.5) is 10.5 Å². The molecule has 0 aromatic heterocycles. The van der Waals surface area contributed by atoms with Crippen molar-refractivity contribution >= 4 is 17.6 Å². The van der Waals surface area contributed by atoms with E-state index >= 15 is 0 Å². The summed E-state index contributed by atoms with van der Waals surface area (Å²) in [5.74, 6) is 0.0332. The van der Waals surface area contributed by atoms with Crippen LogP contribution < -0.4 is 16.0 Å². The monoisotopic (exact) mass is 443 g/mol. The molecule has 0 aliphatic rings. The van der Waals surface area contributed by atoms with E-state index in [0.717, 1.165) is 18.4 Å². The summed E-state index contributed by atoms with van der Waals surface area (Å²) in [4.78, 5) is 25.3. The Morgan fingerprint density at radius 2 is 1.36 bits per heavy atom. The van der Waals surface area contributed by atoms with Crippen molar-refractivity contribution in [1.82, 2.24) is 10.6 Å². The summed E-state index contributed by atoms with van der Waals surface area (Å²) in [6.45, 7) is 4.51. The zero-order valence-electron chi connectivity index (χ0n) is 19.4. The van der Waals surface area contributed by atoms with E-state index in [2.05, 4.69) is 40.2 Å². The van der Waals surface area contributed by atoms with Gasteiger partial charge in [-0.25, -0.2) is 4.79 Å². The van der Waals surface area contributed by atoms with E-state index in [1.165, 1.54) is 11.1 Å². The van der Waals surface area contributed by atoms with E-state index in [1.807, 2.05) is 74.5 Å². The van der Waals surface area contributed by atoms with Gasteiger partial charge in [-0.2, -0.15) is 0 Å². The van der Waals surface area contributed by atoms with Gasteiger partial charge in [-0.05, 0) is 43.0 Å². The Kier molecular flexibility index (Phi) is 9.07. The molecular formula is C28H33N3O2.